The fraction of sp³-hybridized carbons (Fsp3) is 0.412. The number of amides is 1. The molecule has 0 aliphatic rings. The lowest BCUT2D eigenvalue weighted by Crippen LogP contribution is -2.31. The fourth-order valence-corrected chi connectivity index (χ4v) is 2.32. The molecule has 0 saturated heterocycles. The standard InChI is InChI=1S/C17H22FN3O/c1-12(2)17(22)21(3)10-4-5-15-11-16(20-19-15)13-6-8-14(18)9-7-13/h6-9,11-12H,4-5,10H2,1-3H3,(H,19,20). The van der Waals surface area contributed by atoms with E-state index in [0.717, 1.165) is 36.3 Å². The summed E-state index contributed by atoms with van der Waals surface area (Å²) in [6.07, 6.45) is 1.70. The number of nitrogens with one attached hydrogen (secondary N) is 1. The van der Waals surface area contributed by atoms with Crippen LogP contribution in [0.5, 0.6) is 0 Å². The highest BCUT2D eigenvalue weighted by atomic mass is 19.1. The molecule has 0 atom stereocenters. The highest BCUT2D eigenvalue weighted by Crippen LogP contribution is 2.18. The van der Waals surface area contributed by atoms with Crippen molar-refractivity contribution in [3.63, 3.8) is 0 Å². The summed E-state index contributed by atoms with van der Waals surface area (Å²) in [7, 11) is 1.83. The summed E-state index contributed by atoms with van der Waals surface area (Å²) in [5, 5.41) is 7.25. The largest absolute Gasteiger partial charge is 0.346 e. The van der Waals surface area contributed by atoms with E-state index in [1.54, 1.807) is 17.0 Å². The normalized spacial score (nSPS) is 11.0. The predicted octanol–water partition coefficient (Wildman–Crippen LogP) is 3.26. The van der Waals surface area contributed by atoms with E-state index in [1.807, 2.05) is 27.0 Å². The Labute approximate surface area is 130 Å². The van der Waals surface area contributed by atoms with Gasteiger partial charge in [-0.25, -0.2) is 4.39 Å². The van der Waals surface area contributed by atoms with Gasteiger partial charge in [0.1, 0.15) is 5.82 Å². The Morgan fingerprint density at radius 1 is 1.32 bits per heavy atom. The maximum atomic E-state index is 12.9. The summed E-state index contributed by atoms with van der Waals surface area (Å²) < 4.78 is 12.9. The van der Waals surface area contributed by atoms with Gasteiger partial charge < -0.3 is 4.90 Å². The molecule has 1 amide bonds. The molecule has 1 aromatic heterocycles. The van der Waals surface area contributed by atoms with Crippen LogP contribution in [0.2, 0.25) is 0 Å². The van der Waals surface area contributed by atoms with Gasteiger partial charge in [0, 0.05) is 30.8 Å². The van der Waals surface area contributed by atoms with Crippen LogP contribution in [0.4, 0.5) is 4.39 Å². The van der Waals surface area contributed by atoms with Crippen LogP contribution in [-0.2, 0) is 11.2 Å². The van der Waals surface area contributed by atoms with Crippen LogP contribution >= 0.6 is 0 Å². The lowest BCUT2D eigenvalue weighted by atomic mass is 10.1. The first-order valence-corrected chi connectivity index (χ1v) is 7.52. The monoisotopic (exact) mass is 303 g/mol. The Morgan fingerprint density at radius 3 is 2.64 bits per heavy atom. The fourth-order valence-electron chi connectivity index (χ4n) is 2.32. The summed E-state index contributed by atoms with van der Waals surface area (Å²) in [4.78, 5) is 13.5. The molecule has 5 heteroatoms. The van der Waals surface area contributed by atoms with Gasteiger partial charge in [0.05, 0.1) is 5.69 Å². The molecule has 0 bridgehead atoms. The number of H-pyrrole nitrogens is 1. The minimum Gasteiger partial charge on any atom is -0.346 e. The molecule has 0 aliphatic heterocycles. The second-order valence-corrected chi connectivity index (χ2v) is 5.80. The van der Waals surface area contributed by atoms with E-state index in [1.165, 1.54) is 12.1 Å². The molecule has 1 N–H and O–H groups in total. The van der Waals surface area contributed by atoms with E-state index < -0.39 is 0 Å². The summed E-state index contributed by atoms with van der Waals surface area (Å²) >= 11 is 0. The Kier molecular flexibility index (Phi) is 5.31. The molecule has 0 fully saturated rings. The average molecular weight is 303 g/mol. The highest BCUT2D eigenvalue weighted by molar-refractivity contribution is 5.77. The second-order valence-electron chi connectivity index (χ2n) is 5.80. The molecular weight excluding hydrogens is 281 g/mol. The molecule has 1 heterocycles. The third-order valence-electron chi connectivity index (χ3n) is 3.58. The minimum absolute atomic E-state index is 0.0298. The number of nitrogens with zero attached hydrogens (tertiary/aromatic N) is 2. The number of carbonyl (C=O) groups is 1. The lowest BCUT2D eigenvalue weighted by Gasteiger charge is -2.18. The topological polar surface area (TPSA) is 49.0 Å². The number of aryl methyl sites for hydroxylation is 1. The maximum absolute atomic E-state index is 12.9. The Bertz CT molecular complexity index is 619. The zero-order valence-electron chi connectivity index (χ0n) is 13.3. The van der Waals surface area contributed by atoms with Crippen molar-refractivity contribution in [2.75, 3.05) is 13.6 Å². The van der Waals surface area contributed by atoms with Gasteiger partial charge in [0.2, 0.25) is 5.91 Å². The van der Waals surface area contributed by atoms with Crippen LogP contribution in [-0.4, -0.2) is 34.6 Å². The molecule has 0 aliphatic carbocycles. The number of aromatic nitrogens is 2. The first kappa shape index (κ1) is 16.2. The molecule has 1 aromatic carbocycles. The number of hydrogen-bond acceptors (Lipinski definition) is 2. The zero-order valence-corrected chi connectivity index (χ0v) is 13.3. The van der Waals surface area contributed by atoms with Crippen molar-refractivity contribution in [3.05, 3.63) is 41.8 Å². The minimum atomic E-state index is -0.252. The molecule has 118 valence electrons. The van der Waals surface area contributed by atoms with E-state index >= 15 is 0 Å². The van der Waals surface area contributed by atoms with Crippen LogP contribution < -0.4 is 0 Å². The predicted molar refractivity (Wildman–Crippen MR) is 84.8 cm³/mol. The number of benzene rings is 1. The van der Waals surface area contributed by atoms with Crippen LogP contribution in [0.3, 0.4) is 0 Å². The van der Waals surface area contributed by atoms with Crippen molar-refractivity contribution in [1.29, 1.82) is 0 Å². The molecule has 22 heavy (non-hydrogen) atoms. The van der Waals surface area contributed by atoms with Crippen molar-refractivity contribution in [1.82, 2.24) is 15.1 Å². The third kappa shape index (κ3) is 4.16. The summed E-state index contributed by atoms with van der Waals surface area (Å²) in [5.74, 6) is -0.0591. The zero-order chi connectivity index (χ0) is 16.1. The highest BCUT2D eigenvalue weighted by Gasteiger charge is 2.12. The van der Waals surface area contributed by atoms with Crippen molar-refractivity contribution >= 4 is 5.91 Å². The van der Waals surface area contributed by atoms with E-state index in [-0.39, 0.29) is 17.6 Å². The molecule has 0 spiro atoms. The Balaban J connectivity index is 1.87. The van der Waals surface area contributed by atoms with E-state index in [9.17, 15) is 9.18 Å². The van der Waals surface area contributed by atoms with E-state index in [0.29, 0.717) is 0 Å². The summed E-state index contributed by atoms with van der Waals surface area (Å²) in [5.41, 5.74) is 2.71. The van der Waals surface area contributed by atoms with Crippen LogP contribution in [0, 0.1) is 11.7 Å². The second kappa shape index (κ2) is 7.20. The van der Waals surface area contributed by atoms with Gasteiger partial charge in [-0.3, -0.25) is 9.89 Å². The van der Waals surface area contributed by atoms with Crippen LogP contribution in [0.25, 0.3) is 11.3 Å². The summed E-state index contributed by atoms with van der Waals surface area (Å²) in [6.45, 7) is 4.54. The average Bonchev–Trinajstić information content (AvgIpc) is 2.95. The van der Waals surface area contributed by atoms with Gasteiger partial charge in [-0.1, -0.05) is 13.8 Å². The molecule has 0 radical (unpaired) electrons. The lowest BCUT2D eigenvalue weighted by molar-refractivity contribution is -0.133. The van der Waals surface area contributed by atoms with Gasteiger partial charge in [0.25, 0.3) is 0 Å². The number of aromatic amines is 1. The van der Waals surface area contributed by atoms with Gasteiger partial charge >= 0.3 is 0 Å². The molecule has 2 aromatic rings. The Hall–Kier alpha value is -2.17. The van der Waals surface area contributed by atoms with Crippen LogP contribution in [0.15, 0.2) is 30.3 Å². The molecule has 2 rings (SSSR count). The Morgan fingerprint density at radius 2 is 2.00 bits per heavy atom. The first-order chi connectivity index (χ1) is 10.5. The summed E-state index contributed by atoms with van der Waals surface area (Å²) in [6, 6.07) is 8.25. The van der Waals surface area contributed by atoms with Gasteiger partial charge in [-0.05, 0) is 43.2 Å². The molecular formula is C17H22FN3O. The molecule has 0 saturated carbocycles. The van der Waals surface area contributed by atoms with E-state index in [4.69, 9.17) is 0 Å². The molecule has 0 unspecified atom stereocenters. The van der Waals surface area contributed by atoms with Crippen molar-refractivity contribution in [2.45, 2.75) is 26.7 Å². The number of carbonyl (C=O) groups excluding carboxylic acids is 1. The number of hydrogen-bond donors (Lipinski definition) is 1. The quantitative estimate of drug-likeness (QED) is 0.890. The number of rotatable bonds is 6. The molecule has 4 nitrogen and oxygen atoms in total. The van der Waals surface area contributed by atoms with Crippen molar-refractivity contribution < 1.29 is 9.18 Å². The van der Waals surface area contributed by atoms with Crippen molar-refractivity contribution in [2.24, 2.45) is 5.92 Å². The smallest absolute Gasteiger partial charge is 0.224 e. The van der Waals surface area contributed by atoms with Gasteiger partial charge in [-0.2, -0.15) is 5.10 Å². The first-order valence-electron chi connectivity index (χ1n) is 7.52. The van der Waals surface area contributed by atoms with Gasteiger partial charge in [0.15, 0.2) is 0 Å². The number of halogens is 1. The van der Waals surface area contributed by atoms with E-state index in [2.05, 4.69) is 10.2 Å². The third-order valence-corrected chi connectivity index (χ3v) is 3.58. The van der Waals surface area contributed by atoms with Crippen molar-refractivity contribution in [3.8, 4) is 11.3 Å². The maximum Gasteiger partial charge on any atom is 0.224 e. The SMILES string of the molecule is CC(C)C(=O)N(C)CCCc1cc(-c2ccc(F)cc2)n[nH]1. The van der Waals surface area contributed by atoms with Gasteiger partial charge in [-0.15, -0.1) is 0 Å². The van der Waals surface area contributed by atoms with Crippen LogP contribution in [0.1, 0.15) is 26.0 Å².